The lowest BCUT2D eigenvalue weighted by Gasteiger charge is -2.12. The zero-order chi connectivity index (χ0) is 14.9. The molecule has 8 heteroatoms. The van der Waals surface area contributed by atoms with Gasteiger partial charge in [-0.05, 0) is 38.1 Å². The number of thioether (sulfide) groups is 1. The second-order valence-corrected chi connectivity index (χ2v) is 7.06. The molecule has 108 valence electrons. The van der Waals surface area contributed by atoms with Crippen molar-refractivity contribution >= 4 is 32.9 Å². The third-order valence-electron chi connectivity index (χ3n) is 2.75. The second-order valence-electron chi connectivity index (χ2n) is 4.15. The Morgan fingerprint density at radius 1 is 1.35 bits per heavy atom. The van der Waals surface area contributed by atoms with Gasteiger partial charge in [0.1, 0.15) is 5.82 Å². The van der Waals surface area contributed by atoms with Crippen molar-refractivity contribution in [3.63, 3.8) is 0 Å². The highest BCUT2D eigenvalue weighted by molar-refractivity contribution is 8.16. The van der Waals surface area contributed by atoms with Crippen LogP contribution < -0.4 is 0 Å². The fourth-order valence-corrected chi connectivity index (χ4v) is 3.96. The summed E-state index contributed by atoms with van der Waals surface area (Å²) in [6.07, 6.45) is 0. The number of nitrogens with zero attached hydrogens (tertiary/aromatic N) is 2. The molecule has 0 bridgehead atoms. The molecule has 5 nitrogen and oxygen atoms in total. The van der Waals surface area contributed by atoms with Crippen molar-refractivity contribution in [2.45, 2.75) is 24.0 Å². The molecule has 1 unspecified atom stereocenters. The number of rotatable bonds is 3. The van der Waals surface area contributed by atoms with Crippen LogP contribution in [0.5, 0.6) is 0 Å². The summed E-state index contributed by atoms with van der Waals surface area (Å²) in [6.45, 7) is 3.80. The molecule has 1 atom stereocenters. The summed E-state index contributed by atoms with van der Waals surface area (Å²) >= 11 is 1.10. The van der Waals surface area contributed by atoms with E-state index >= 15 is 0 Å². The van der Waals surface area contributed by atoms with Crippen LogP contribution in [0.4, 0.5) is 4.39 Å². The highest BCUT2D eigenvalue weighted by Crippen LogP contribution is 2.28. The fraction of sp³-hybridized carbons (Fsp3) is 0.333. The fourth-order valence-electron chi connectivity index (χ4n) is 1.71. The molecule has 1 aliphatic heterocycles. The van der Waals surface area contributed by atoms with Gasteiger partial charge < -0.3 is 0 Å². The predicted octanol–water partition coefficient (Wildman–Crippen LogP) is 1.85. The van der Waals surface area contributed by atoms with Crippen LogP contribution in [0, 0.1) is 5.82 Å². The molecule has 0 aliphatic carbocycles. The molecular weight excluding hydrogens is 303 g/mol. The number of hydrogen-bond donors (Lipinski definition) is 0. The maximum Gasteiger partial charge on any atom is 0.284 e. The van der Waals surface area contributed by atoms with Gasteiger partial charge >= 0.3 is 0 Å². The average Bonchev–Trinajstić information content (AvgIpc) is 2.64. The number of hydrogen-bond acceptors (Lipinski definition) is 4. The Hall–Kier alpha value is -1.41. The predicted molar refractivity (Wildman–Crippen MR) is 75.5 cm³/mol. The maximum absolute atomic E-state index is 12.8. The van der Waals surface area contributed by atoms with Crippen molar-refractivity contribution < 1.29 is 17.6 Å². The van der Waals surface area contributed by atoms with E-state index in [0.29, 0.717) is 6.54 Å². The lowest BCUT2D eigenvalue weighted by atomic mass is 10.4. The zero-order valence-corrected chi connectivity index (χ0v) is 12.5. The molecule has 0 spiro atoms. The van der Waals surface area contributed by atoms with E-state index in [-0.39, 0.29) is 21.2 Å². The third kappa shape index (κ3) is 2.85. The molecular formula is C12H13FN2O3S2. The second kappa shape index (κ2) is 5.53. The molecule has 1 aromatic rings. The minimum absolute atomic E-state index is 0.102. The molecule has 20 heavy (non-hydrogen) atoms. The normalized spacial score (nSPS) is 21.8. The van der Waals surface area contributed by atoms with Crippen LogP contribution in [0.1, 0.15) is 13.8 Å². The van der Waals surface area contributed by atoms with Crippen molar-refractivity contribution in [2.75, 3.05) is 6.54 Å². The van der Waals surface area contributed by atoms with Gasteiger partial charge in [0.05, 0.1) is 10.1 Å². The third-order valence-corrected chi connectivity index (χ3v) is 5.23. The number of sulfonamides is 1. The Kier molecular flexibility index (Phi) is 4.14. The largest absolute Gasteiger partial charge is 0.290 e. The minimum atomic E-state index is -3.94. The topological polar surface area (TPSA) is 66.8 Å². The smallest absolute Gasteiger partial charge is 0.284 e. The van der Waals surface area contributed by atoms with Crippen LogP contribution >= 0.6 is 11.8 Å². The van der Waals surface area contributed by atoms with Crippen molar-refractivity contribution in [1.82, 2.24) is 4.90 Å². The first-order valence-electron chi connectivity index (χ1n) is 5.93. The molecule has 1 fully saturated rings. The number of halogens is 1. The minimum Gasteiger partial charge on any atom is -0.290 e. The first kappa shape index (κ1) is 15.0. The van der Waals surface area contributed by atoms with Crippen LogP contribution in [-0.2, 0) is 14.8 Å². The molecule has 0 radical (unpaired) electrons. The summed E-state index contributed by atoms with van der Waals surface area (Å²) in [7, 11) is -3.94. The number of carbonyl (C=O) groups excluding carboxylic acids is 1. The van der Waals surface area contributed by atoms with E-state index < -0.39 is 15.8 Å². The van der Waals surface area contributed by atoms with Crippen molar-refractivity contribution in [3.8, 4) is 0 Å². The summed E-state index contributed by atoms with van der Waals surface area (Å²) < 4.78 is 40.7. The Morgan fingerprint density at radius 3 is 2.50 bits per heavy atom. The van der Waals surface area contributed by atoms with Gasteiger partial charge in [-0.1, -0.05) is 11.8 Å². The monoisotopic (exact) mass is 316 g/mol. The van der Waals surface area contributed by atoms with Crippen molar-refractivity contribution in [3.05, 3.63) is 30.1 Å². The molecule has 0 saturated carbocycles. The van der Waals surface area contributed by atoms with Crippen molar-refractivity contribution in [2.24, 2.45) is 4.40 Å². The van der Waals surface area contributed by atoms with Gasteiger partial charge in [0.25, 0.3) is 10.0 Å². The van der Waals surface area contributed by atoms with E-state index in [1.807, 2.05) is 0 Å². The highest BCUT2D eigenvalue weighted by atomic mass is 32.2. The lowest BCUT2D eigenvalue weighted by molar-refractivity contribution is -0.125. The number of benzene rings is 1. The van der Waals surface area contributed by atoms with Crippen LogP contribution in [0.15, 0.2) is 33.6 Å². The van der Waals surface area contributed by atoms with E-state index in [9.17, 15) is 17.6 Å². The Balaban J connectivity index is 2.38. The summed E-state index contributed by atoms with van der Waals surface area (Å²) in [4.78, 5) is 13.0. The van der Waals surface area contributed by atoms with Gasteiger partial charge in [0.2, 0.25) is 5.91 Å². The summed E-state index contributed by atoms with van der Waals surface area (Å²) in [5.41, 5.74) is 0. The highest BCUT2D eigenvalue weighted by Gasteiger charge is 2.35. The molecule has 1 aliphatic rings. The number of carbonyl (C=O) groups is 1. The van der Waals surface area contributed by atoms with Gasteiger partial charge in [0, 0.05) is 6.54 Å². The molecule has 1 amide bonds. The van der Waals surface area contributed by atoms with Crippen molar-refractivity contribution in [1.29, 1.82) is 0 Å². The quantitative estimate of drug-likeness (QED) is 0.853. The van der Waals surface area contributed by atoms with E-state index in [2.05, 4.69) is 4.40 Å². The molecule has 2 rings (SSSR count). The van der Waals surface area contributed by atoms with E-state index in [1.54, 1.807) is 13.8 Å². The van der Waals surface area contributed by atoms with Gasteiger partial charge in [0.15, 0.2) is 5.17 Å². The SMILES string of the molecule is CCN1C(=O)C(C)S/C1=N\S(=O)(=O)c1ccc(F)cc1. The van der Waals surface area contributed by atoms with E-state index in [0.717, 1.165) is 36.0 Å². The van der Waals surface area contributed by atoms with Gasteiger partial charge in [-0.15, -0.1) is 4.40 Å². The standard InChI is InChI=1S/C12H13FN2O3S2/c1-3-15-11(16)8(2)19-12(15)14-20(17,18)10-6-4-9(13)5-7-10/h4-8H,3H2,1-2H3/b14-12-. The van der Waals surface area contributed by atoms with Gasteiger partial charge in [-0.25, -0.2) is 4.39 Å². The van der Waals surface area contributed by atoms with Gasteiger partial charge in [-0.2, -0.15) is 8.42 Å². The summed E-state index contributed by atoms with van der Waals surface area (Å²) in [5, 5.41) is -0.188. The first-order valence-corrected chi connectivity index (χ1v) is 8.25. The zero-order valence-electron chi connectivity index (χ0n) is 10.9. The molecule has 0 aromatic heterocycles. The van der Waals surface area contributed by atoms with Gasteiger partial charge in [-0.3, -0.25) is 9.69 Å². The molecule has 0 N–H and O–H groups in total. The number of amidine groups is 1. The van der Waals surface area contributed by atoms with Crippen LogP contribution in [0.2, 0.25) is 0 Å². The molecule has 1 heterocycles. The lowest BCUT2D eigenvalue weighted by Crippen LogP contribution is -2.31. The van der Waals surface area contributed by atoms with Crippen LogP contribution in [0.25, 0.3) is 0 Å². The Bertz CT molecular complexity index is 656. The summed E-state index contributed by atoms with van der Waals surface area (Å²) in [5.74, 6) is -0.684. The van der Waals surface area contributed by atoms with E-state index in [1.165, 1.54) is 4.90 Å². The summed E-state index contributed by atoms with van der Waals surface area (Å²) in [6, 6.07) is 4.41. The Labute approximate surface area is 120 Å². The average molecular weight is 316 g/mol. The van der Waals surface area contributed by atoms with Crippen LogP contribution in [0.3, 0.4) is 0 Å². The first-order chi connectivity index (χ1) is 9.35. The maximum atomic E-state index is 12.8. The Morgan fingerprint density at radius 2 is 1.95 bits per heavy atom. The van der Waals surface area contributed by atoms with Crippen LogP contribution in [-0.4, -0.2) is 36.2 Å². The molecule has 1 saturated heterocycles. The molecule has 1 aromatic carbocycles. The van der Waals surface area contributed by atoms with E-state index in [4.69, 9.17) is 0 Å². The number of amides is 1.